The van der Waals surface area contributed by atoms with Gasteiger partial charge in [-0.3, -0.25) is 4.79 Å². The van der Waals surface area contributed by atoms with Crippen LogP contribution >= 0.6 is 0 Å². The van der Waals surface area contributed by atoms with Crippen molar-refractivity contribution in [1.82, 2.24) is 0 Å². The predicted octanol–water partition coefficient (Wildman–Crippen LogP) is 4.34. The summed E-state index contributed by atoms with van der Waals surface area (Å²) in [6.45, 7) is -0.461. The van der Waals surface area contributed by atoms with Gasteiger partial charge in [0.25, 0.3) is 0 Å². The standard InChI is InChI=1S/C18H17F2NO3/c1-2-23-16-6-4-3-5-13(16)7-12-17(22)21-14-8-10-15(11-9-14)24-18(19)20/h3-12,18H,2H2,1H3,(H,21,22)/b12-7+. The molecule has 2 aromatic rings. The van der Waals surface area contributed by atoms with Gasteiger partial charge in [0, 0.05) is 17.3 Å². The zero-order valence-electron chi connectivity index (χ0n) is 13.0. The van der Waals surface area contributed by atoms with E-state index in [-0.39, 0.29) is 11.7 Å². The van der Waals surface area contributed by atoms with Gasteiger partial charge in [0.15, 0.2) is 0 Å². The number of amides is 1. The van der Waals surface area contributed by atoms with Crippen LogP contribution in [-0.2, 0) is 4.79 Å². The van der Waals surface area contributed by atoms with Crippen molar-refractivity contribution in [3.05, 3.63) is 60.2 Å². The normalized spacial score (nSPS) is 10.8. The van der Waals surface area contributed by atoms with Crippen LogP contribution in [0.5, 0.6) is 11.5 Å². The molecule has 24 heavy (non-hydrogen) atoms. The van der Waals surface area contributed by atoms with E-state index in [0.29, 0.717) is 18.0 Å². The van der Waals surface area contributed by atoms with Crippen LogP contribution in [0.25, 0.3) is 6.08 Å². The number of benzene rings is 2. The third-order valence-electron chi connectivity index (χ3n) is 2.98. The summed E-state index contributed by atoms with van der Waals surface area (Å²) >= 11 is 0. The zero-order chi connectivity index (χ0) is 17.4. The van der Waals surface area contributed by atoms with Gasteiger partial charge in [-0.1, -0.05) is 18.2 Å². The molecule has 0 spiro atoms. The molecule has 0 saturated carbocycles. The molecular formula is C18H17F2NO3. The summed E-state index contributed by atoms with van der Waals surface area (Å²) in [7, 11) is 0. The highest BCUT2D eigenvalue weighted by Gasteiger charge is 2.05. The molecule has 6 heteroatoms. The van der Waals surface area contributed by atoms with Crippen molar-refractivity contribution in [2.75, 3.05) is 11.9 Å². The second kappa shape index (κ2) is 8.67. The molecular weight excluding hydrogens is 316 g/mol. The van der Waals surface area contributed by atoms with Crippen molar-refractivity contribution in [2.24, 2.45) is 0 Å². The minimum Gasteiger partial charge on any atom is -0.493 e. The van der Waals surface area contributed by atoms with Gasteiger partial charge in [0.05, 0.1) is 6.61 Å². The second-order valence-electron chi connectivity index (χ2n) is 4.70. The van der Waals surface area contributed by atoms with Gasteiger partial charge >= 0.3 is 6.61 Å². The third-order valence-corrected chi connectivity index (χ3v) is 2.98. The average Bonchev–Trinajstić information content (AvgIpc) is 2.56. The van der Waals surface area contributed by atoms with Crippen molar-refractivity contribution in [1.29, 1.82) is 0 Å². The lowest BCUT2D eigenvalue weighted by Crippen LogP contribution is -2.08. The molecule has 4 nitrogen and oxygen atoms in total. The van der Waals surface area contributed by atoms with Crippen molar-refractivity contribution >= 4 is 17.7 Å². The number of anilines is 1. The van der Waals surface area contributed by atoms with Crippen molar-refractivity contribution in [3.8, 4) is 11.5 Å². The summed E-state index contributed by atoms with van der Waals surface area (Å²) in [6, 6.07) is 13.0. The lowest BCUT2D eigenvalue weighted by atomic mass is 10.2. The molecule has 0 fully saturated rings. The van der Waals surface area contributed by atoms with Crippen molar-refractivity contribution in [2.45, 2.75) is 13.5 Å². The number of para-hydroxylation sites is 1. The van der Waals surface area contributed by atoms with Crippen LogP contribution in [0.3, 0.4) is 0 Å². The first kappa shape index (κ1) is 17.5. The number of hydrogen-bond acceptors (Lipinski definition) is 3. The van der Waals surface area contributed by atoms with E-state index in [1.54, 1.807) is 6.08 Å². The highest BCUT2D eigenvalue weighted by atomic mass is 19.3. The Morgan fingerprint density at radius 3 is 2.54 bits per heavy atom. The molecule has 0 radical (unpaired) electrons. The Kier molecular flexibility index (Phi) is 6.31. The average molecular weight is 333 g/mol. The molecule has 0 saturated heterocycles. The number of alkyl halides is 2. The predicted molar refractivity (Wildman–Crippen MR) is 88.3 cm³/mol. The van der Waals surface area contributed by atoms with Gasteiger partial charge in [0.2, 0.25) is 5.91 Å². The zero-order valence-corrected chi connectivity index (χ0v) is 13.0. The van der Waals surface area contributed by atoms with E-state index in [1.165, 1.54) is 30.3 Å². The van der Waals surface area contributed by atoms with E-state index in [2.05, 4.69) is 10.1 Å². The van der Waals surface area contributed by atoms with Crippen LogP contribution in [0, 0.1) is 0 Å². The van der Waals surface area contributed by atoms with E-state index >= 15 is 0 Å². The van der Waals surface area contributed by atoms with Crippen molar-refractivity contribution < 1.29 is 23.0 Å². The van der Waals surface area contributed by atoms with Crippen LogP contribution in [0.4, 0.5) is 14.5 Å². The summed E-state index contributed by atoms with van der Waals surface area (Å²) < 4.78 is 33.9. The van der Waals surface area contributed by atoms with Gasteiger partial charge in [-0.2, -0.15) is 8.78 Å². The highest BCUT2D eigenvalue weighted by Crippen LogP contribution is 2.20. The van der Waals surface area contributed by atoms with Gasteiger partial charge in [0.1, 0.15) is 11.5 Å². The first-order chi connectivity index (χ1) is 11.6. The summed E-state index contributed by atoms with van der Waals surface area (Å²) in [6.07, 6.45) is 3.02. The molecule has 0 aromatic heterocycles. The Morgan fingerprint density at radius 2 is 1.88 bits per heavy atom. The van der Waals surface area contributed by atoms with E-state index in [1.807, 2.05) is 31.2 Å². The monoisotopic (exact) mass is 333 g/mol. The number of carbonyl (C=O) groups excluding carboxylic acids is 1. The molecule has 1 N–H and O–H groups in total. The Balaban J connectivity index is 1.98. The number of hydrogen-bond donors (Lipinski definition) is 1. The van der Waals surface area contributed by atoms with E-state index in [0.717, 1.165) is 5.56 Å². The largest absolute Gasteiger partial charge is 0.493 e. The van der Waals surface area contributed by atoms with Crippen LogP contribution in [0.2, 0.25) is 0 Å². The van der Waals surface area contributed by atoms with Crippen LogP contribution < -0.4 is 14.8 Å². The number of halogens is 2. The maximum absolute atomic E-state index is 12.1. The van der Waals surface area contributed by atoms with Crippen molar-refractivity contribution in [3.63, 3.8) is 0 Å². The Hall–Kier alpha value is -2.89. The second-order valence-corrected chi connectivity index (χ2v) is 4.70. The molecule has 0 aliphatic rings. The SMILES string of the molecule is CCOc1ccccc1/C=C/C(=O)Nc1ccc(OC(F)F)cc1. The lowest BCUT2D eigenvalue weighted by molar-refractivity contribution is -0.111. The minimum absolute atomic E-state index is 0.0317. The molecule has 1 amide bonds. The summed E-state index contributed by atoms with van der Waals surface area (Å²) in [5.74, 6) is 0.380. The maximum atomic E-state index is 12.1. The number of nitrogens with one attached hydrogen (secondary N) is 1. The topological polar surface area (TPSA) is 47.6 Å². The minimum atomic E-state index is -2.88. The van der Waals surface area contributed by atoms with Gasteiger partial charge in [-0.05, 0) is 43.3 Å². The maximum Gasteiger partial charge on any atom is 0.387 e. The molecule has 0 bridgehead atoms. The van der Waals surface area contributed by atoms with E-state index in [4.69, 9.17) is 4.74 Å². The number of carbonyl (C=O) groups is 1. The van der Waals surface area contributed by atoms with Crippen LogP contribution in [0.1, 0.15) is 12.5 Å². The molecule has 2 rings (SSSR count). The number of ether oxygens (including phenoxy) is 2. The fraction of sp³-hybridized carbons (Fsp3) is 0.167. The molecule has 0 atom stereocenters. The summed E-state index contributed by atoms with van der Waals surface area (Å²) in [4.78, 5) is 11.9. The van der Waals surface area contributed by atoms with Crippen LogP contribution in [0.15, 0.2) is 54.6 Å². The molecule has 126 valence electrons. The molecule has 2 aromatic carbocycles. The molecule has 0 aliphatic heterocycles. The van der Waals surface area contributed by atoms with Crippen LogP contribution in [-0.4, -0.2) is 19.1 Å². The lowest BCUT2D eigenvalue weighted by Gasteiger charge is -2.07. The Morgan fingerprint density at radius 1 is 1.17 bits per heavy atom. The molecule has 0 unspecified atom stereocenters. The summed E-state index contributed by atoms with van der Waals surface area (Å²) in [5, 5.41) is 2.63. The first-order valence-electron chi connectivity index (χ1n) is 7.34. The highest BCUT2D eigenvalue weighted by molar-refractivity contribution is 6.02. The molecule has 0 heterocycles. The van der Waals surface area contributed by atoms with E-state index < -0.39 is 6.61 Å². The summed E-state index contributed by atoms with van der Waals surface area (Å²) in [5.41, 5.74) is 1.26. The third kappa shape index (κ3) is 5.39. The smallest absolute Gasteiger partial charge is 0.387 e. The molecule has 0 aliphatic carbocycles. The van der Waals surface area contributed by atoms with Gasteiger partial charge < -0.3 is 14.8 Å². The Bertz CT molecular complexity index is 700. The fourth-order valence-electron chi connectivity index (χ4n) is 1.97. The van der Waals surface area contributed by atoms with E-state index in [9.17, 15) is 13.6 Å². The first-order valence-corrected chi connectivity index (χ1v) is 7.34. The fourth-order valence-corrected chi connectivity index (χ4v) is 1.97. The van der Waals surface area contributed by atoms with Gasteiger partial charge in [-0.25, -0.2) is 0 Å². The Labute approximate surface area is 138 Å². The van der Waals surface area contributed by atoms with Gasteiger partial charge in [-0.15, -0.1) is 0 Å². The number of rotatable bonds is 7. The quantitative estimate of drug-likeness (QED) is 0.767.